The normalized spacial score (nSPS) is 13.0. The minimum absolute atomic E-state index is 0.367. The van der Waals surface area contributed by atoms with Gasteiger partial charge in [0.15, 0.2) is 5.65 Å². The van der Waals surface area contributed by atoms with Crippen LogP contribution < -0.4 is 4.90 Å². The Morgan fingerprint density at radius 1 is 1.47 bits per heavy atom. The van der Waals surface area contributed by atoms with E-state index in [1.807, 2.05) is 24.1 Å². The fourth-order valence-electron chi connectivity index (χ4n) is 1.60. The third kappa shape index (κ3) is 1.92. The minimum Gasteiger partial charge on any atom is -0.392 e. The Bertz CT molecular complexity index is 451. The van der Waals surface area contributed by atoms with Crippen molar-refractivity contribution in [1.82, 2.24) is 14.6 Å². The Balaban J connectivity index is 2.38. The molecule has 80 valence electrons. The van der Waals surface area contributed by atoms with Gasteiger partial charge >= 0.3 is 0 Å². The molecule has 0 aliphatic heterocycles. The van der Waals surface area contributed by atoms with Crippen LogP contribution >= 0.6 is 0 Å². The maximum absolute atomic E-state index is 9.32. The number of hydrogen-bond donors (Lipinski definition) is 1. The van der Waals surface area contributed by atoms with E-state index in [1.165, 1.54) is 0 Å². The molecule has 1 unspecified atom stereocenters. The molecule has 1 atom stereocenters. The van der Waals surface area contributed by atoms with Crippen molar-refractivity contribution in [3.8, 4) is 0 Å². The number of rotatable bonds is 3. The molecule has 0 saturated carbocycles. The molecule has 0 radical (unpaired) electrons. The summed E-state index contributed by atoms with van der Waals surface area (Å²) in [7, 11) is 1.92. The van der Waals surface area contributed by atoms with Gasteiger partial charge in [-0.25, -0.2) is 4.98 Å². The molecule has 2 aromatic rings. The highest BCUT2D eigenvalue weighted by atomic mass is 16.3. The topological polar surface area (TPSA) is 53.7 Å². The molecular weight excluding hydrogens is 192 g/mol. The average Bonchev–Trinajstić information content (AvgIpc) is 2.63. The van der Waals surface area contributed by atoms with Crippen molar-refractivity contribution in [2.75, 3.05) is 18.5 Å². The lowest BCUT2D eigenvalue weighted by molar-refractivity contribution is 0.201. The molecule has 0 fully saturated rings. The van der Waals surface area contributed by atoms with Crippen LogP contribution in [0.2, 0.25) is 0 Å². The zero-order chi connectivity index (χ0) is 10.8. The molecule has 5 nitrogen and oxygen atoms in total. The maximum atomic E-state index is 9.32. The molecule has 0 bridgehead atoms. The Hall–Kier alpha value is -1.62. The highest BCUT2D eigenvalue weighted by Crippen LogP contribution is 2.12. The van der Waals surface area contributed by atoms with Gasteiger partial charge in [0, 0.05) is 25.9 Å². The predicted octanol–water partition coefficient (Wildman–Crippen LogP) is 0.546. The number of fused-ring (bicyclic) bond motifs is 1. The van der Waals surface area contributed by atoms with Crippen molar-refractivity contribution >= 4 is 11.5 Å². The summed E-state index contributed by atoms with van der Waals surface area (Å²) in [6, 6.07) is 3.72. The minimum atomic E-state index is -0.367. The van der Waals surface area contributed by atoms with Crippen molar-refractivity contribution in [2.24, 2.45) is 0 Å². The molecule has 2 heterocycles. The Morgan fingerprint density at radius 2 is 2.27 bits per heavy atom. The second-order valence-electron chi connectivity index (χ2n) is 3.63. The van der Waals surface area contributed by atoms with Gasteiger partial charge in [-0.2, -0.15) is 9.61 Å². The SMILES string of the molecule is CC(O)CN(C)c1ccnc2ccnn12. The summed E-state index contributed by atoms with van der Waals surface area (Å²) in [6.45, 7) is 2.33. The summed E-state index contributed by atoms with van der Waals surface area (Å²) in [5, 5.41) is 13.5. The number of aliphatic hydroxyl groups is 1. The van der Waals surface area contributed by atoms with E-state index >= 15 is 0 Å². The van der Waals surface area contributed by atoms with Gasteiger partial charge in [0.2, 0.25) is 0 Å². The van der Waals surface area contributed by atoms with Gasteiger partial charge in [0.05, 0.1) is 12.3 Å². The van der Waals surface area contributed by atoms with E-state index in [0.29, 0.717) is 6.54 Å². The van der Waals surface area contributed by atoms with Crippen molar-refractivity contribution in [2.45, 2.75) is 13.0 Å². The molecule has 0 amide bonds. The largest absolute Gasteiger partial charge is 0.392 e. The average molecular weight is 206 g/mol. The molecule has 0 aromatic carbocycles. The molecule has 15 heavy (non-hydrogen) atoms. The third-order valence-electron chi connectivity index (χ3n) is 2.20. The first kappa shape index (κ1) is 9.92. The first-order valence-electron chi connectivity index (χ1n) is 4.86. The van der Waals surface area contributed by atoms with Crippen LogP contribution in [-0.4, -0.2) is 39.4 Å². The first-order chi connectivity index (χ1) is 7.18. The molecule has 5 heteroatoms. The van der Waals surface area contributed by atoms with Gasteiger partial charge in [-0.05, 0) is 13.0 Å². The highest BCUT2D eigenvalue weighted by molar-refractivity contribution is 5.48. The Kier molecular flexibility index (Phi) is 2.55. The lowest BCUT2D eigenvalue weighted by Crippen LogP contribution is -2.28. The molecule has 0 aliphatic rings. The van der Waals surface area contributed by atoms with Crippen LogP contribution in [0.5, 0.6) is 0 Å². The van der Waals surface area contributed by atoms with Gasteiger partial charge in [-0.1, -0.05) is 0 Å². The fourth-order valence-corrected chi connectivity index (χ4v) is 1.60. The Morgan fingerprint density at radius 3 is 3.00 bits per heavy atom. The van der Waals surface area contributed by atoms with Gasteiger partial charge in [-0.15, -0.1) is 0 Å². The standard InChI is InChI=1S/C10H14N4O/c1-8(15)7-13(2)10-4-5-11-9-3-6-12-14(9)10/h3-6,8,15H,7H2,1-2H3. The van der Waals surface area contributed by atoms with E-state index in [9.17, 15) is 5.11 Å². The number of likely N-dealkylation sites (N-methyl/N-ethyl adjacent to an activating group) is 1. The van der Waals surface area contributed by atoms with Gasteiger partial charge in [0.25, 0.3) is 0 Å². The van der Waals surface area contributed by atoms with Crippen LogP contribution in [0.15, 0.2) is 24.5 Å². The molecule has 0 saturated heterocycles. The predicted molar refractivity (Wildman–Crippen MR) is 57.9 cm³/mol. The molecule has 0 spiro atoms. The first-order valence-corrected chi connectivity index (χ1v) is 4.86. The number of anilines is 1. The summed E-state index contributed by atoms with van der Waals surface area (Å²) >= 11 is 0. The molecule has 2 aromatic heterocycles. The second-order valence-corrected chi connectivity index (χ2v) is 3.63. The lowest BCUT2D eigenvalue weighted by atomic mass is 10.3. The van der Waals surface area contributed by atoms with Gasteiger partial charge < -0.3 is 10.0 Å². The zero-order valence-corrected chi connectivity index (χ0v) is 8.83. The van der Waals surface area contributed by atoms with Crippen LogP contribution in [-0.2, 0) is 0 Å². The summed E-state index contributed by atoms with van der Waals surface area (Å²) in [4.78, 5) is 6.13. The number of hydrogen-bond acceptors (Lipinski definition) is 4. The third-order valence-corrected chi connectivity index (χ3v) is 2.20. The maximum Gasteiger partial charge on any atom is 0.157 e. The van der Waals surface area contributed by atoms with Crippen molar-refractivity contribution < 1.29 is 5.11 Å². The number of aromatic nitrogens is 3. The van der Waals surface area contributed by atoms with Crippen LogP contribution in [0.4, 0.5) is 5.82 Å². The van der Waals surface area contributed by atoms with Crippen LogP contribution in [0.3, 0.4) is 0 Å². The van der Waals surface area contributed by atoms with Crippen LogP contribution in [0, 0.1) is 0 Å². The quantitative estimate of drug-likeness (QED) is 0.796. The molecular formula is C10H14N4O. The summed E-state index contributed by atoms with van der Waals surface area (Å²) in [5.74, 6) is 0.922. The number of aliphatic hydroxyl groups excluding tert-OH is 1. The van der Waals surface area contributed by atoms with E-state index in [0.717, 1.165) is 11.5 Å². The monoisotopic (exact) mass is 206 g/mol. The summed E-state index contributed by atoms with van der Waals surface area (Å²) < 4.78 is 1.75. The second kappa shape index (κ2) is 3.86. The van der Waals surface area contributed by atoms with E-state index < -0.39 is 0 Å². The van der Waals surface area contributed by atoms with E-state index in [1.54, 1.807) is 23.8 Å². The van der Waals surface area contributed by atoms with Crippen molar-refractivity contribution in [3.63, 3.8) is 0 Å². The van der Waals surface area contributed by atoms with Crippen LogP contribution in [0.25, 0.3) is 5.65 Å². The van der Waals surface area contributed by atoms with Crippen molar-refractivity contribution in [3.05, 3.63) is 24.5 Å². The van der Waals surface area contributed by atoms with Crippen molar-refractivity contribution in [1.29, 1.82) is 0 Å². The molecule has 2 rings (SSSR count). The highest BCUT2D eigenvalue weighted by Gasteiger charge is 2.08. The lowest BCUT2D eigenvalue weighted by Gasteiger charge is -2.20. The Labute approximate surface area is 88.0 Å². The summed E-state index contributed by atoms with van der Waals surface area (Å²) in [6.07, 6.45) is 3.08. The fraction of sp³-hybridized carbons (Fsp3) is 0.400. The smallest absolute Gasteiger partial charge is 0.157 e. The summed E-state index contributed by atoms with van der Waals surface area (Å²) in [5.41, 5.74) is 0.810. The van der Waals surface area contributed by atoms with Crippen LogP contribution in [0.1, 0.15) is 6.92 Å². The van der Waals surface area contributed by atoms with Gasteiger partial charge in [0.1, 0.15) is 5.82 Å². The van der Waals surface area contributed by atoms with E-state index in [4.69, 9.17) is 0 Å². The van der Waals surface area contributed by atoms with E-state index in [2.05, 4.69) is 10.1 Å². The zero-order valence-electron chi connectivity index (χ0n) is 8.83. The molecule has 1 N–H and O–H groups in total. The molecule has 0 aliphatic carbocycles. The number of nitrogens with zero attached hydrogens (tertiary/aromatic N) is 4. The van der Waals surface area contributed by atoms with E-state index in [-0.39, 0.29) is 6.10 Å². The van der Waals surface area contributed by atoms with Gasteiger partial charge in [-0.3, -0.25) is 0 Å².